The second-order valence-corrected chi connectivity index (χ2v) is 6.07. The molecule has 3 rings (SSSR count). The van der Waals surface area contributed by atoms with Gasteiger partial charge < -0.3 is 19.6 Å². The first-order valence-electron chi connectivity index (χ1n) is 7.20. The van der Waals surface area contributed by atoms with Gasteiger partial charge in [-0.2, -0.15) is 0 Å². The van der Waals surface area contributed by atoms with Gasteiger partial charge in [-0.25, -0.2) is 0 Å². The van der Waals surface area contributed by atoms with Gasteiger partial charge in [0, 0.05) is 24.1 Å². The Kier molecular flexibility index (Phi) is 3.41. The monoisotopic (exact) mass is 287 g/mol. The van der Waals surface area contributed by atoms with E-state index < -0.39 is 0 Å². The minimum Gasteiger partial charge on any atom is -0.483 e. The highest BCUT2D eigenvalue weighted by Crippen LogP contribution is 2.42. The van der Waals surface area contributed by atoms with Crippen molar-refractivity contribution in [3.8, 4) is 11.5 Å². The van der Waals surface area contributed by atoms with Crippen molar-refractivity contribution in [2.75, 3.05) is 0 Å². The van der Waals surface area contributed by atoms with Crippen molar-refractivity contribution < 1.29 is 13.9 Å². The molecule has 0 bridgehead atoms. The minimum atomic E-state index is -0.171. The third-order valence-electron chi connectivity index (χ3n) is 3.72. The van der Waals surface area contributed by atoms with E-state index in [1.54, 1.807) is 0 Å². The number of nitrogens with two attached hydrogens (primary N) is 1. The summed E-state index contributed by atoms with van der Waals surface area (Å²) in [5.74, 6) is 3.25. The average molecular weight is 287 g/mol. The summed E-state index contributed by atoms with van der Waals surface area (Å²) in [7, 11) is 0. The zero-order valence-electron chi connectivity index (χ0n) is 12.7. The molecule has 1 aromatic heterocycles. The number of furan rings is 1. The summed E-state index contributed by atoms with van der Waals surface area (Å²) < 4.78 is 17.5. The van der Waals surface area contributed by atoms with Crippen molar-refractivity contribution in [3.05, 3.63) is 46.9 Å². The predicted molar refractivity (Wildman–Crippen MR) is 80.5 cm³/mol. The van der Waals surface area contributed by atoms with Gasteiger partial charge in [-0.05, 0) is 32.9 Å². The molecule has 0 saturated heterocycles. The Balaban J connectivity index is 1.76. The molecular weight excluding hydrogens is 266 g/mol. The van der Waals surface area contributed by atoms with Gasteiger partial charge in [-0.1, -0.05) is 12.1 Å². The Bertz CT molecular complexity index is 658. The lowest BCUT2D eigenvalue weighted by molar-refractivity contribution is 0.130. The topological polar surface area (TPSA) is 57.6 Å². The molecule has 2 aromatic rings. The molecule has 0 amide bonds. The van der Waals surface area contributed by atoms with E-state index in [-0.39, 0.29) is 5.60 Å². The van der Waals surface area contributed by atoms with E-state index >= 15 is 0 Å². The van der Waals surface area contributed by atoms with E-state index in [0.717, 1.165) is 35.0 Å². The highest BCUT2D eigenvalue weighted by molar-refractivity contribution is 5.50. The molecule has 1 aliphatic rings. The zero-order valence-corrected chi connectivity index (χ0v) is 12.7. The fourth-order valence-corrected chi connectivity index (χ4v) is 2.71. The van der Waals surface area contributed by atoms with Gasteiger partial charge in [0.25, 0.3) is 0 Å². The van der Waals surface area contributed by atoms with Crippen molar-refractivity contribution in [1.82, 2.24) is 0 Å². The third kappa shape index (κ3) is 2.76. The van der Waals surface area contributed by atoms with E-state index in [2.05, 4.69) is 19.9 Å². The molecule has 2 N–H and O–H groups in total. The number of fused-ring (bicyclic) bond motifs is 1. The number of ether oxygens (including phenoxy) is 2. The van der Waals surface area contributed by atoms with Crippen LogP contribution in [-0.4, -0.2) is 5.60 Å². The lowest BCUT2D eigenvalue weighted by atomic mass is 10.0. The minimum absolute atomic E-state index is 0.171. The van der Waals surface area contributed by atoms with Crippen LogP contribution >= 0.6 is 0 Å². The SMILES string of the molecule is Cc1oc(COc2cccc3c2OC(C)(C)C3)cc1CN. The molecule has 0 radical (unpaired) electrons. The second kappa shape index (κ2) is 5.11. The van der Waals surface area contributed by atoms with E-state index in [0.29, 0.717) is 13.2 Å². The van der Waals surface area contributed by atoms with Crippen molar-refractivity contribution in [1.29, 1.82) is 0 Å². The Morgan fingerprint density at radius 2 is 2.14 bits per heavy atom. The first-order valence-corrected chi connectivity index (χ1v) is 7.20. The predicted octanol–water partition coefficient (Wildman–Crippen LogP) is 3.34. The number of hydrogen-bond donors (Lipinski definition) is 1. The van der Waals surface area contributed by atoms with Gasteiger partial charge in [0.1, 0.15) is 23.7 Å². The summed E-state index contributed by atoms with van der Waals surface area (Å²) in [4.78, 5) is 0. The molecule has 2 heterocycles. The molecule has 0 saturated carbocycles. The van der Waals surface area contributed by atoms with Crippen LogP contribution in [0.2, 0.25) is 0 Å². The largest absolute Gasteiger partial charge is 0.483 e. The van der Waals surface area contributed by atoms with Gasteiger partial charge in [-0.15, -0.1) is 0 Å². The van der Waals surface area contributed by atoms with Crippen LogP contribution in [0, 0.1) is 6.92 Å². The van der Waals surface area contributed by atoms with E-state index in [9.17, 15) is 0 Å². The zero-order chi connectivity index (χ0) is 15.0. The molecule has 21 heavy (non-hydrogen) atoms. The summed E-state index contributed by atoms with van der Waals surface area (Å²) in [6.07, 6.45) is 0.900. The van der Waals surface area contributed by atoms with Gasteiger partial charge >= 0.3 is 0 Å². The number of para-hydroxylation sites is 1. The van der Waals surface area contributed by atoms with Crippen LogP contribution < -0.4 is 15.2 Å². The smallest absolute Gasteiger partial charge is 0.165 e. The van der Waals surface area contributed by atoms with Gasteiger partial charge in [0.2, 0.25) is 0 Å². The third-order valence-corrected chi connectivity index (χ3v) is 3.72. The van der Waals surface area contributed by atoms with E-state index in [1.165, 1.54) is 5.56 Å². The van der Waals surface area contributed by atoms with E-state index in [1.807, 2.05) is 25.1 Å². The first kappa shape index (κ1) is 14.0. The average Bonchev–Trinajstić information content (AvgIpc) is 2.94. The van der Waals surface area contributed by atoms with Crippen molar-refractivity contribution in [2.45, 2.75) is 45.9 Å². The number of rotatable bonds is 4. The maximum Gasteiger partial charge on any atom is 0.165 e. The van der Waals surface area contributed by atoms with E-state index in [4.69, 9.17) is 19.6 Å². The highest BCUT2D eigenvalue weighted by Gasteiger charge is 2.32. The lowest BCUT2D eigenvalue weighted by Gasteiger charge is -2.18. The first-order chi connectivity index (χ1) is 9.98. The quantitative estimate of drug-likeness (QED) is 0.937. The molecular formula is C17H21NO3. The number of aryl methyl sites for hydroxylation is 1. The van der Waals surface area contributed by atoms with Crippen LogP contribution in [0.15, 0.2) is 28.7 Å². The maximum atomic E-state index is 5.99. The van der Waals surface area contributed by atoms with Crippen molar-refractivity contribution >= 4 is 0 Å². The summed E-state index contributed by atoms with van der Waals surface area (Å²) in [6, 6.07) is 7.96. The standard InChI is InChI=1S/C17H21NO3/c1-11-13(9-18)7-14(20-11)10-19-15-6-4-5-12-8-17(2,3)21-16(12)15/h4-7H,8-10,18H2,1-3H3. The molecule has 0 spiro atoms. The molecule has 1 aliphatic heterocycles. The van der Waals surface area contributed by atoms with Crippen LogP contribution in [0.4, 0.5) is 0 Å². The van der Waals surface area contributed by atoms with Gasteiger partial charge in [0.15, 0.2) is 11.5 Å². The van der Waals surface area contributed by atoms with Crippen molar-refractivity contribution in [3.63, 3.8) is 0 Å². The Labute approximate surface area is 124 Å². The van der Waals surface area contributed by atoms with Crippen LogP contribution in [0.5, 0.6) is 11.5 Å². The van der Waals surface area contributed by atoms with Crippen LogP contribution in [-0.2, 0) is 19.6 Å². The summed E-state index contributed by atoms with van der Waals surface area (Å²) in [5, 5.41) is 0. The fourth-order valence-electron chi connectivity index (χ4n) is 2.71. The lowest BCUT2D eigenvalue weighted by Crippen LogP contribution is -2.24. The molecule has 0 unspecified atom stereocenters. The van der Waals surface area contributed by atoms with Crippen LogP contribution in [0.25, 0.3) is 0 Å². The van der Waals surface area contributed by atoms with Crippen LogP contribution in [0.3, 0.4) is 0 Å². The number of benzene rings is 1. The van der Waals surface area contributed by atoms with Crippen molar-refractivity contribution in [2.24, 2.45) is 5.73 Å². The Morgan fingerprint density at radius 1 is 1.33 bits per heavy atom. The molecule has 4 heteroatoms. The maximum absolute atomic E-state index is 5.99. The highest BCUT2D eigenvalue weighted by atomic mass is 16.5. The molecule has 112 valence electrons. The number of hydrogen-bond acceptors (Lipinski definition) is 4. The Morgan fingerprint density at radius 3 is 2.86 bits per heavy atom. The fraction of sp³-hybridized carbons (Fsp3) is 0.412. The normalized spacial score (nSPS) is 15.6. The second-order valence-electron chi connectivity index (χ2n) is 6.07. The molecule has 0 aliphatic carbocycles. The summed E-state index contributed by atoms with van der Waals surface area (Å²) in [5.41, 5.74) is 7.69. The Hall–Kier alpha value is -1.94. The molecule has 1 aromatic carbocycles. The van der Waals surface area contributed by atoms with Gasteiger partial charge in [0.05, 0.1) is 0 Å². The summed E-state index contributed by atoms with van der Waals surface area (Å²) >= 11 is 0. The van der Waals surface area contributed by atoms with Crippen LogP contribution in [0.1, 0.15) is 36.5 Å². The molecule has 0 fully saturated rings. The summed E-state index contributed by atoms with van der Waals surface area (Å²) in [6.45, 7) is 6.94. The van der Waals surface area contributed by atoms with Gasteiger partial charge in [-0.3, -0.25) is 0 Å². The molecule has 4 nitrogen and oxygen atoms in total. The molecule has 0 atom stereocenters.